The summed E-state index contributed by atoms with van der Waals surface area (Å²) in [5, 5.41) is 15.2. The second-order valence-electron chi connectivity index (χ2n) is 12.6. The van der Waals surface area contributed by atoms with Crippen molar-refractivity contribution >= 4 is 17.9 Å². The van der Waals surface area contributed by atoms with E-state index in [4.69, 9.17) is 5.10 Å². The molecule has 6 heteroatoms. The number of hydrogen-bond acceptors (Lipinski definition) is 4. The SMILES string of the molecule is CC1=C(C#N)C(=O)N(CCc2ccccc2)C(=O)/C1=C/c1cn(-c2ccccc2)nc1C12CC3CC(CC(C3)C1)C2. The Morgan fingerprint density at radius 3 is 2.15 bits per heavy atom. The Morgan fingerprint density at radius 1 is 0.927 bits per heavy atom. The molecule has 6 nitrogen and oxygen atoms in total. The number of imide groups is 1. The van der Waals surface area contributed by atoms with Gasteiger partial charge in [0, 0.05) is 29.3 Å². The molecule has 4 saturated carbocycles. The van der Waals surface area contributed by atoms with Gasteiger partial charge in [0.25, 0.3) is 11.8 Å². The van der Waals surface area contributed by atoms with Gasteiger partial charge in [0.2, 0.25) is 0 Å². The van der Waals surface area contributed by atoms with Gasteiger partial charge < -0.3 is 0 Å². The first-order valence-electron chi connectivity index (χ1n) is 14.8. The molecule has 0 saturated heterocycles. The highest BCUT2D eigenvalue weighted by Gasteiger charge is 2.53. The first-order chi connectivity index (χ1) is 19.9. The van der Waals surface area contributed by atoms with Crippen molar-refractivity contribution in [2.24, 2.45) is 17.8 Å². The second kappa shape index (κ2) is 9.99. The van der Waals surface area contributed by atoms with Crippen LogP contribution in [0.25, 0.3) is 11.8 Å². The molecular weight excluding hydrogens is 508 g/mol. The molecule has 5 aliphatic rings. The van der Waals surface area contributed by atoms with E-state index in [-0.39, 0.29) is 23.4 Å². The number of carbonyl (C=O) groups is 2. The molecule has 0 unspecified atom stereocenters. The molecular formula is C35H34N4O2. The number of benzene rings is 2. The summed E-state index contributed by atoms with van der Waals surface area (Å²) in [4.78, 5) is 28.4. The quantitative estimate of drug-likeness (QED) is 0.275. The zero-order chi connectivity index (χ0) is 28.1. The van der Waals surface area contributed by atoms with Crippen molar-refractivity contribution in [1.82, 2.24) is 14.7 Å². The minimum Gasteiger partial charge on any atom is -0.273 e. The van der Waals surface area contributed by atoms with E-state index in [0.717, 1.165) is 59.5 Å². The molecule has 0 atom stereocenters. The maximum absolute atomic E-state index is 13.9. The fourth-order valence-electron chi connectivity index (χ4n) is 8.39. The second-order valence-corrected chi connectivity index (χ2v) is 12.6. The van der Waals surface area contributed by atoms with Crippen LogP contribution in [-0.2, 0) is 21.4 Å². The molecule has 0 spiro atoms. The summed E-state index contributed by atoms with van der Waals surface area (Å²) >= 11 is 0. The molecule has 41 heavy (non-hydrogen) atoms. The fraction of sp³-hybridized carbons (Fsp3) is 0.371. The smallest absolute Gasteiger partial charge is 0.271 e. The fourth-order valence-corrected chi connectivity index (χ4v) is 8.39. The van der Waals surface area contributed by atoms with E-state index in [9.17, 15) is 14.9 Å². The third kappa shape index (κ3) is 4.44. The van der Waals surface area contributed by atoms with E-state index in [1.807, 2.05) is 77.6 Å². The Kier molecular flexibility index (Phi) is 6.27. The number of rotatable bonds is 6. The van der Waals surface area contributed by atoms with Gasteiger partial charge in [0.05, 0.1) is 11.4 Å². The highest BCUT2D eigenvalue weighted by molar-refractivity contribution is 6.19. The van der Waals surface area contributed by atoms with Crippen LogP contribution in [0.4, 0.5) is 0 Å². The molecule has 1 aliphatic heterocycles. The lowest BCUT2D eigenvalue weighted by atomic mass is 9.48. The van der Waals surface area contributed by atoms with Crippen molar-refractivity contribution in [2.75, 3.05) is 6.54 Å². The van der Waals surface area contributed by atoms with E-state index in [1.165, 1.54) is 24.2 Å². The zero-order valence-corrected chi connectivity index (χ0v) is 23.4. The number of hydrogen-bond donors (Lipinski definition) is 0. The molecule has 4 aliphatic carbocycles. The van der Waals surface area contributed by atoms with Crippen LogP contribution in [0.2, 0.25) is 0 Å². The lowest BCUT2D eigenvalue weighted by Gasteiger charge is -2.56. The molecule has 4 fully saturated rings. The average molecular weight is 543 g/mol. The third-order valence-corrected chi connectivity index (χ3v) is 9.90. The summed E-state index contributed by atoms with van der Waals surface area (Å²) < 4.78 is 1.94. The standard InChI is InChI=1S/C35H34N4O2/c1-23-30(33(40)38(34(41)31(23)21-36)13-12-24-8-4-2-5-9-24)17-28-22-39(29-10-6-3-7-11-29)37-32(28)35-18-25-14-26(19-35)16-27(15-25)20-35/h2-11,17,22,25-27H,12-16,18-20H2,1H3/b30-17+. The minimum atomic E-state index is -0.510. The topological polar surface area (TPSA) is 79.0 Å². The van der Waals surface area contributed by atoms with E-state index in [0.29, 0.717) is 17.6 Å². The van der Waals surface area contributed by atoms with E-state index >= 15 is 0 Å². The first kappa shape index (κ1) is 25.7. The highest BCUT2D eigenvalue weighted by atomic mass is 16.2. The molecule has 2 heterocycles. The number of para-hydroxylation sites is 1. The van der Waals surface area contributed by atoms with Crippen molar-refractivity contribution in [3.8, 4) is 11.8 Å². The Bertz CT molecular complexity index is 1590. The van der Waals surface area contributed by atoms with Gasteiger partial charge in [0.15, 0.2) is 0 Å². The van der Waals surface area contributed by atoms with Crippen LogP contribution >= 0.6 is 0 Å². The van der Waals surface area contributed by atoms with Crippen LogP contribution < -0.4 is 0 Å². The number of aromatic nitrogens is 2. The molecule has 2 amide bonds. The highest BCUT2D eigenvalue weighted by Crippen LogP contribution is 2.61. The van der Waals surface area contributed by atoms with Crippen LogP contribution in [0.3, 0.4) is 0 Å². The van der Waals surface area contributed by atoms with E-state index in [2.05, 4.69) is 6.07 Å². The van der Waals surface area contributed by atoms with E-state index in [1.54, 1.807) is 6.92 Å². The largest absolute Gasteiger partial charge is 0.273 e. The van der Waals surface area contributed by atoms with Gasteiger partial charge in [-0.15, -0.1) is 0 Å². The summed E-state index contributed by atoms with van der Waals surface area (Å²) in [6.07, 6.45) is 11.9. The third-order valence-electron chi connectivity index (χ3n) is 9.90. The van der Waals surface area contributed by atoms with Crippen LogP contribution in [0.5, 0.6) is 0 Å². The number of nitrogens with zero attached hydrogens (tertiary/aromatic N) is 4. The monoisotopic (exact) mass is 542 g/mol. The molecule has 3 aromatic rings. The predicted octanol–water partition coefficient (Wildman–Crippen LogP) is 6.18. The summed E-state index contributed by atoms with van der Waals surface area (Å²) in [5.41, 5.74) is 4.91. The van der Waals surface area contributed by atoms with Crippen molar-refractivity contribution in [2.45, 2.75) is 57.3 Å². The van der Waals surface area contributed by atoms with Crippen molar-refractivity contribution in [3.05, 3.63) is 100 Å². The number of carbonyl (C=O) groups excluding carboxylic acids is 2. The first-order valence-corrected chi connectivity index (χ1v) is 14.8. The average Bonchev–Trinajstić information content (AvgIpc) is 3.41. The van der Waals surface area contributed by atoms with Gasteiger partial charge in [-0.2, -0.15) is 10.4 Å². The van der Waals surface area contributed by atoms with Gasteiger partial charge in [-0.05, 0) is 99.0 Å². The summed E-state index contributed by atoms with van der Waals surface area (Å²) in [7, 11) is 0. The normalized spacial score (nSPS) is 28.0. The van der Waals surface area contributed by atoms with Gasteiger partial charge in [-0.25, -0.2) is 4.68 Å². The predicted molar refractivity (Wildman–Crippen MR) is 157 cm³/mol. The Hall–Kier alpha value is -4.24. The number of amides is 2. The zero-order valence-electron chi connectivity index (χ0n) is 23.4. The summed E-state index contributed by atoms with van der Waals surface area (Å²) in [6, 6.07) is 22.0. The van der Waals surface area contributed by atoms with Crippen LogP contribution in [-0.4, -0.2) is 33.0 Å². The Balaban J connectivity index is 1.32. The molecule has 1 aromatic heterocycles. The van der Waals surface area contributed by atoms with Crippen LogP contribution in [0.1, 0.15) is 62.3 Å². The van der Waals surface area contributed by atoms with Crippen LogP contribution in [0, 0.1) is 29.1 Å². The lowest BCUT2D eigenvalue weighted by molar-refractivity contribution is -0.140. The minimum absolute atomic E-state index is 0.0113. The molecule has 8 rings (SSSR count). The summed E-state index contributed by atoms with van der Waals surface area (Å²) in [5.74, 6) is 1.39. The van der Waals surface area contributed by atoms with Crippen molar-refractivity contribution in [1.29, 1.82) is 5.26 Å². The van der Waals surface area contributed by atoms with Crippen molar-refractivity contribution in [3.63, 3.8) is 0 Å². The number of nitriles is 1. The molecule has 2 aromatic carbocycles. The van der Waals surface area contributed by atoms with Gasteiger partial charge in [-0.1, -0.05) is 48.5 Å². The maximum atomic E-state index is 13.9. The summed E-state index contributed by atoms with van der Waals surface area (Å²) in [6.45, 7) is 1.95. The Labute approximate surface area is 241 Å². The Morgan fingerprint density at radius 2 is 1.54 bits per heavy atom. The molecule has 4 bridgehead atoms. The molecule has 0 radical (unpaired) electrons. The maximum Gasteiger partial charge on any atom is 0.271 e. The van der Waals surface area contributed by atoms with Gasteiger partial charge in [0.1, 0.15) is 11.6 Å². The molecule has 206 valence electrons. The van der Waals surface area contributed by atoms with E-state index < -0.39 is 5.91 Å². The lowest BCUT2D eigenvalue weighted by Crippen LogP contribution is -2.49. The van der Waals surface area contributed by atoms with Crippen LogP contribution in [0.15, 0.2) is 83.6 Å². The van der Waals surface area contributed by atoms with Gasteiger partial charge in [-0.3, -0.25) is 14.5 Å². The van der Waals surface area contributed by atoms with Crippen molar-refractivity contribution < 1.29 is 9.59 Å². The van der Waals surface area contributed by atoms with Gasteiger partial charge >= 0.3 is 0 Å². The molecule has 0 N–H and O–H groups in total.